The van der Waals surface area contributed by atoms with E-state index in [0.29, 0.717) is 21.6 Å². The third-order valence-corrected chi connectivity index (χ3v) is 5.76. The van der Waals surface area contributed by atoms with Crippen LogP contribution in [0.4, 0.5) is 5.69 Å². The van der Waals surface area contributed by atoms with Gasteiger partial charge < -0.3 is 9.88 Å². The second kappa shape index (κ2) is 9.40. The molecule has 0 radical (unpaired) electrons. The van der Waals surface area contributed by atoms with Crippen molar-refractivity contribution in [2.75, 3.05) is 11.1 Å². The minimum Gasteiger partial charge on any atom is -0.325 e. The fraction of sp³-hybridized carbons (Fsp3) is 0.278. The lowest BCUT2D eigenvalue weighted by atomic mass is 10.3. The van der Waals surface area contributed by atoms with Gasteiger partial charge in [0.15, 0.2) is 10.3 Å². The van der Waals surface area contributed by atoms with Crippen molar-refractivity contribution < 1.29 is 4.79 Å². The van der Waals surface area contributed by atoms with Gasteiger partial charge in [-0.05, 0) is 38.1 Å². The Kier molecular flexibility index (Phi) is 6.93. The van der Waals surface area contributed by atoms with E-state index in [4.69, 9.17) is 11.6 Å². The van der Waals surface area contributed by atoms with Crippen LogP contribution in [0, 0.1) is 13.8 Å². The van der Waals surface area contributed by atoms with Crippen molar-refractivity contribution in [1.29, 1.82) is 0 Å². The third-order valence-electron chi connectivity index (χ3n) is 3.66. The Morgan fingerprint density at radius 1 is 1.14 bits per heavy atom. The molecule has 0 atom stereocenters. The largest absolute Gasteiger partial charge is 0.325 e. The van der Waals surface area contributed by atoms with Crippen LogP contribution in [0.5, 0.6) is 0 Å². The molecule has 7 nitrogen and oxygen atoms in total. The molecule has 0 bridgehead atoms. The number of carbonyl (C=O) groups is 1. The highest BCUT2D eigenvalue weighted by Crippen LogP contribution is 2.22. The fourth-order valence-electron chi connectivity index (χ4n) is 2.38. The van der Waals surface area contributed by atoms with Crippen LogP contribution in [0.1, 0.15) is 17.2 Å². The molecular weight excluding hydrogens is 416 g/mol. The lowest BCUT2D eigenvalue weighted by Gasteiger charge is -2.06. The summed E-state index contributed by atoms with van der Waals surface area (Å²) < 4.78 is 1.88. The quantitative estimate of drug-likeness (QED) is 0.445. The van der Waals surface area contributed by atoms with Crippen LogP contribution in [-0.2, 0) is 17.6 Å². The van der Waals surface area contributed by atoms with Gasteiger partial charge in [0.1, 0.15) is 5.82 Å². The number of benzene rings is 1. The molecule has 3 aromatic rings. The number of hydrogen-bond donors (Lipinski definition) is 1. The van der Waals surface area contributed by atoms with E-state index in [1.54, 1.807) is 24.3 Å². The fourth-order valence-corrected chi connectivity index (χ4v) is 4.22. The number of rotatable bonds is 7. The molecule has 2 aromatic heterocycles. The van der Waals surface area contributed by atoms with Crippen molar-refractivity contribution in [2.45, 2.75) is 29.9 Å². The molecule has 3 rings (SSSR count). The van der Waals surface area contributed by atoms with Crippen LogP contribution in [0.3, 0.4) is 0 Å². The van der Waals surface area contributed by atoms with E-state index in [-0.39, 0.29) is 11.7 Å². The first-order valence-corrected chi connectivity index (χ1v) is 10.8. The lowest BCUT2D eigenvalue weighted by molar-refractivity contribution is -0.113. The average Bonchev–Trinajstić information content (AvgIpc) is 2.97. The molecular formula is C18H19ClN6OS2. The van der Waals surface area contributed by atoms with E-state index in [1.807, 2.05) is 31.5 Å². The molecule has 0 spiro atoms. The highest BCUT2D eigenvalue weighted by atomic mass is 35.5. The Balaban J connectivity index is 1.54. The predicted molar refractivity (Wildman–Crippen MR) is 113 cm³/mol. The molecule has 0 aliphatic heterocycles. The number of nitrogens with zero attached hydrogens (tertiary/aromatic N) is 5. The van der Waals surface area contributed by atoms with E-state index >= 15 is 0 Å². The van der Waals surface area contributed by atoms with E-state index < -0.39 is 0 Å². The second-order valence-corrected chi connectivity index (χ2v) is 8.35. The highest BCUT2D eigenvalue weighted by Gasteiger charge is 2.13. The van der Waals surface area contributed by atoms with Crippen molar-refractivity contribution in [3.63, 3.8) is 0 Å². The van der Waals surface area contributed by atoms with Crippen molar-refractivity contribution in [3.05, 3.63) is 52.6 Å². The SMILES string of the molecule is Cc1cc(C)nc(SCc2nnc(SCC(=O)Nc3cccc(Cl)c3)n2C)n1. The van der Waals surface area contributed by atoms with Crippen LogP contribution in [0.25, 0.3) is 0 Å². The van der Waals surface area contributed by atoms with E-state index in [0.717, 1.165) is 22.4 Å². The lowest BCUT2D eigenvalue weighted by Crippen LogP contribution is -2.14. The first-order valence-electron chi connectivity index (χ1n) is 8.42. The summed E-state index contributed by atoms with van der Waals surface area (Å²) in [5, 5.41) is 13.2. The van der Waals surface area contributed by atoms with Gasteiger partial charge in [0.05, 0.1) is 11.5 Å². The topological polar surface area (TPSA) is 85.6 Å². The minimum atomic E-state index is -0.130. The predicted octanol–water partition coefficient (Wildman–Crippen LogP) is 3.90. The Bertz CT molecular complexity index is 974. The van der Waals surface area contributed by atoms with Crippen LogP contribution in [-0.4, -0.2) is 36.4 Å². The number of aromatic nitrogens is 5. The van der Waals surface area contributed by atoms with Crippen LogP contribution in [0.2, 0.25) is 5.02 Å². The first-order chi connectivity index (χ1) is 13.4. The maximum atomic E-state index is 12.1. The molecule has 1 amide bonds. The molecule has 10 heteroatoms. The summed E-state index contributed by atoms with van der Waals surface area (Å²) in [6.45, 7) is 3.90. The standard InChI is InChI=1S/C18H19ClN6OS2/c1-11-7-12(2)21-17(20-11)27-9-15-23-24-18(25(15)3)28-10-16(26)22-14-6-4-5-13(19)8-14/h4-8H,9-10H2,1-3H3,(H,22,26). The highest BCUT2D eigenvalue weighted by molar-refractivity contribution is 7.99. The van der Waals surface area contributed by atoms with Crippen LogP contribution < -0.4 is 5.32 Å². The number of hydrogen-bond acceptors (Lipinski definition) is 7. The Morgan fingerprint density at radius 2 is 1.89 bits per heavy atom. The zero-order chi connectivity index (χ0) is 20.1. The van der Waals surface area contributed by atoms with Crippen molar-refractivity contribution in [3.8, 4) is 0 Å². The Morgan fingerprint density at radius 3 is 2.61 bits per heavy atom. The summed E-state index contributed by atoms with van der Waals surface area (Å²) in [6, 6.07) is 8.99. The summed E-state index contributed by atoms with van der Waals surface area (Å²) in [6.07, 6.45) is 0. The summed E-state index contributed by atoms with van der Waals surface area (Å²) in [4.78, 5) is 21.0. The number of anilines is 1. The number of carbonyl (C=O) groups excluding carboxylic acids is 1. The Labute approximate surface area is 176 Å². The van der Waals surface area contributed by atoms with Gasteiger partial charge >= 0.3 is 0 Å². The number of nitrogens with one attached hydrogen (secondary N) is 1. The molecule has 0 aliphatic rings. The third kappa shape index (κ3) is 5.70. The van der Waals surface area contributed by atoms with Crippen LogP contribution in [0.15, 0.2) is 40.6 Å². The molecule has 1 aromatic carbocycles. The van der Waals surface area contributed by atoms with Crippen molar-refractivity contribution >= 4 is 46.7 Å². The molecule has 0 unspecified atom stereocenters. The molecule has 2 heterocycles. The van der Waals surface area contributed by atoms with Crippen molar-refractivity contribution in [1.82, 2.24) is 24.7 Å². The Hall–Kier alpha value is -2.10. The summed E-state index contributed by atoms with van der Waals surface area (Å²) in [5.41, 5.74) is 2.55. The zero-order valence-corrected chi connectivity index (χ0v) is 18.0. The summed E-state index contributed by atoms with van der Waals surface area (Å²) >= 11 is 8.77. The molecule has 0 fully saturated rings. The minimum absolute atomic E-state index is 0.130. The molecule has 0 saturated carbocycles. The smallest absolute Gasteiger partial charge is 0.234 e. The van der Waals surface area contributed by atoms with E-state index in [1.165, 1.54) is 23.5 Å². The van der Waals surface area contributed by atoms with Gasteiger partial charge in [-0.3, -0.25) is 4.79 Å². The van der Waals surface area contributed by atoms with Gasteiger partial charge in [-0.2, -0.15) is 0 Å². The summed E-state index contributed by atoms with van der Waals surface area (Å²) in [7, 11) is 1.88. The van der Waals surface area contributed by atoms with Crippen molar-refractivity contribution in [2.24, 2.45) is 7.05 Å². The monoisotopic (exact) mass is 434 g/mol. The van der Waals surface area contributed by atoms with E-state index in [9.17, 15) is 4.79 Å². The maximum Gasteiger partial charge on any atom is 0.234 e. The zero-order valence-electron chi connectivity index (χ0n) is 15.6. The van der Waals surface area contributed by atoms with Gasteiger partial charge in [0.25, 0.3) is 0 Å². The van der Waals surface area contributed by atoms with Gasteiger partial charge in [0, 0.05) is 29.1 Å². The van der Waals surface area contributed by atoms with Gasteiger partial charge in [-0.1, -0.05) is 41.2 Å². The second-order valence-electron chi connectivity index (χ2n) is 6.03. The van der Waals surface area contributed by atoms with Crippen LogP contribution >= 0.6 is 35.1 Å². The first kappa shape index (κ1) is 20.6. The molecule has 146 valence electrons. The number of aryl methyl sites for hydroxylation is 2. The molecule has 0 saturated heterocycles. The number of halogens is 1. The summed E-state index contributed by atoms with van der Waals surface area (Å²) in [5.74, 6) is 1.49. The number of thioether (sulfide) groups is 2. The molecule has 28 heavy (non-hydrogen) atoms. The van der Waals surface area contributed by atoms with Gasteiger partial charge in [-0.15, -0.1) is 10.2 Å². The van der Waals surface area contributed by atoms with E-state index in [2.05, 4.69) is 25.5 Å². The van der Waals surface area contributed by atoms with Gasteiger partial charge in [-0.25, -0.2) is 9.97 Å². The van der Waals surface area contributed by atoms with Gasteiger partial charge in [0.2, 0.25) is 5.91 Å². The molecule has 1 N–H and O–H groups in total. The maximum absolute atomic E-state index is 12.1. The average molecular weight is 435 g/mol. The normalized spacial score (nSPS) is 10.9. The molecule has 0 aliphatic carbocycles. The number of amides is 1.